The van der Waals surface area contributed by atoms with Gasteiger partial charge in [0.1, 0.15) is 5.76 Å². The fraction of sp³-hybridized carbons (Fsp3) is 0.789. The van der Waals surface area contributed by atoms with Crippen LogP contribution in [0, 0.1) is 13.8 Å². The molecule has 2 aliphatic heterocycles. The van der Waals surface area contributed by atoms with E-state index in [0.717, 1.165) is 62.5 Å². The lowest BCUT2D eigenvalue weighted by Gasteiger charge is -2.39. The summed E-state index contributed by atoms with van der Waals surface area (Å²) in [5.41, 5.74) is 1.47. The van der Waals surface area contributed by atoms with Gasteiger partial charge in [-0.2, -0.15) is 0 Å². The number of aryl methyl sites for hydroxylation is 2. The number of nitrogens with one attached hydrogen (secondary N) is 1. The van der Waals surface area contributed by atoms with Crippen molar-refractivity contribution in [1.29, 1.82) is 0 Å². The van der Waals surface area contributed by atoms with E-state index in [9.17, 15) is 9.90 Å². The van der Waals surface area contributed by atoms with Gasteiger partial charge in [-0.1, -0.05) is 5.16 Å². The second-order valence-electron chi connectivity index (χ2n) is 8.23. The molecule has 0 aromatic carbocycles. The fourth-order valence-electron chi connectivity index (χ4n) is 4.03. The zero-order valence-corrected chi connectivity index (χ0v) is 16.4. The van der Waals surface area contributed by atoms with Crippen molar-refractivity contribution in [3.05, 3.63) is 17.0 Å². The van der Waals surface area contributed by atoms with Gasteiger partial charge in [-0.3, -0.25) is 14.6 Å². The minimum absolute atomic E-state index is 0.0163. The first-order valence-corrected chi connectivity index (χ1v) is 9.67. The molecule has 1 aromatic rings. The van der Waals surface area contributed by atoms with Gasteiger partial charge in [-0.15, -0.1) is 0 Å². The quantitative estimate of drug-likeness (QED) is 0.818. The van der Waals surface area contributed by atoms with Crippen molar-refractivity contribution < 1.29 is 14.4 Å². The van der Waals surface area contributed by atoms with Crippen LogP contribution in [0.2, 0.25) is 0 Å². The van der Waals surface area contributed by atoms with E-state index in [1.54, 1.807) is 0 Å². The summed E-state index contributed by atoms with van der Waals surface area (Å²) in [4.78, 5) is 17.2. The third-order valence-corrected chi connectivity index (χ3v) is 6.00. The van der Waals surface area contributed by atoms with Crippen LogP contribution in [0.25, 0.3) is 0 Å². The van der Waals surface area contributed by atoms with Gasteiger partial charge < -0.3 is 14.9 Å². The van der Waals surface area contributed by atoms with Gasteiger partial charge >= 0.3 is 0 Å². The van der Waals surface area contributed by atoms with Gasteiger partial charge in [0.2, 0.25) is 5.91 Å². The Morgan fingerprint density at radius 1 is 1.31 bits per heavy atom. The maximum atomic E-state index is 12.8. The summed E-state index contributed by atoms with van der Waals surface area (Å²) >= 11 is 0. The number of likely N-dealkylation sites (tertiary alicyclic amines) is 2. The average molecular weight is 364 g/mol. The molecule has 0 bridgehead atoms. The first-order chi connectivity index (χ1) is 12.3. The number of aliphatic hydroxyl groups excluding tert-OH is 1. The van der Waals surface area contributed by atoms with Crippen molar-refractivity contribution in [2.75, 3.05) is 26.2 Å². The molecule has 26 heavy (non-hydrogen) atoms. The van der Waals surface area contributed by atoms with Crippen LogP contribution in [0.15, 0.2) is 4.52 Å². The Hall–Kier alpha value is -1.44. The van der Waals surface area contributed by atoms with Crippen LogP contribution < -0.4 is 5.32 Å². The second kappa shape index (κ2) is 7.66. The van der Waals surface area contributed by atoms with Gasteiger partial charge in [-0.05, 0) is 60.0 Å². The molecule has 2 aliphatic rings. The summed E-state index contributed by atoms with van der Waals surface area (Å²) in [6.45, 7) is 11.8. The summed E-state index contributed by atoms with van der Waals surface area (Å²) in [7, 11) is 0. The van der Waals surface area contributed by atoms with Crippen LogP contribution in [-0.2, 0) is 11.3 Å². The number of aliphatic hydroxyl groups is 1. The molecule has 7 nitrogen and oxygen atoms in total. The first kappa shape index (κ1) is 19.3. The number of piperidine rings is 1. The minimum Gasteiger partial charge on any atom is -0.390 e. The highest BCUT2D eigenvalue weighted by molar-refractivity contribution is 5.85. The van der Waals surface area contributed by atoms with Crippen molar-refractivity contribution in [3.8, 4) is 0 Å². The predicted molar refractivity (Wildman–Crippen MR) is 98.7 cm³/mol. The number of nitrogens with zero attached hydrogens (tertiary/aromatic N) is 3. The third-order valence-electron chi connectivity index (χ3n) is 6.00. The van der Waals surface area contributed by atoms with Crippen molar-refractivity contribution in [2.45, 2.75) is 71.2 Å². The van der Waals surface area contributed by atoms with Crippen LogP contribution >= 0.6 is 0 Å². The predicted octanol–water partition coefficient (Wildman–Crippen LogP) is 1.22. The van der Waals surface area contributed by atoms with E-state index in [-0.39, 0.29) is 11.9 Å². The monoisotopic (exact) mass is 364 g/mol. The van der Waals surface area contributed by atoms with Crippen molar-refractivity contribution in [3.63, 3.8) is 0 Å². The topological polar surface area (TPSA) is 81.8 Å². The molecule has 1 amide bonds. The molecule has 146 valence electrons. The van der Waals surface area contributed by atoms with Crippen LogP contribution in [0.4, 0.5) is 0 Å². The van der Waals surface area contributed by atoms with Crippen molar-refractivity contribution in [1.82, 2.24) is 20.3 Å². The molecule has 2 fully saturated rings. The number of hydrogen-bond acceptors (Lipinski definition) is 6. The summed E-state index contributed by atoms with van der Waals surface area (Å²) < 4.78 is 5.22. The number of aromatic nitrogens is 1. The molecule has 0 saturated carbocycles. The number of rotatable bonds is 5. The highest BCUT2D eigenvalue weighted by atomic mass is 16.5. The van der Waals surface area contributed by atoms with E-state index in [2.05, 4.69) is 20.3 Å². The normalized spacial score (nSPS) is 25.6. The van der Waals surface area contributed by atoms with Crippen LogP contribution in [-0.4, -0.2) is 69.8 Å². The van der Waals surface area contributed by atoms with Gasteiger partial charge in [0.05, 0.1) is 23.4 Å². The second-order valence-corrected chi connectivity index (χ2v) is 8.23. The lowest BCUT2D eigenvalue weighted by Crippen LogP contribution is -2.60. The summed E-state index contributed by atoms with van der Waals surface area (Å²) in [5.74, 6) is 0.849. The molecule has 0 aliphatic carbocycles. The Bertz CT molecular complexity index is 617. The zero-order valence-electron chi connectivity index (χ0n) is 16.4. The van der Waals surface area contributed by atoms with E-state index in [0.29, 0.717) is 6.54 Å². The highest BCUT2D eigenvalue weighted by Crippen LogP contribution is 2.23. The minimum atomic E-state index is -0.567. The lowest BCUT2D eigenvalue weighted by molar-refractivity contribution is -0.133. The van der Waals surface area contributed by atoms with Gasteiger partial charge in [0.15, 0.2) is 0 Å². The molecule has 0 unspecified atom stereocenters. The first-order valence-electron chi connectivity index (χ1n) is 9.67. The Labute approximate surface area is 155 Å². The third kappa shape index (κ3) is 3.94. The zero-order chi connectivity index (χ0) is 18.9. The maximum Gasteiger partial charge on any atom is 0.240 e. The molecule has 0 radical (unpaired) electrons. The average Bonchev–Trinajstić information content (AvgIpc) is 3.23. The van der Waals surface area contributed by atoms with Crippen molar-refractivity contribution in [2.24, 2.45) is 0 Å². The molecule has 3 heterocycles. The SMILES string of the molecule is Cc1noc(C)c1CN1CC[C@@H](NC(=O)C(C)(C)N2CCCC2)[C@H](O)C1. The Morgan fingerprint density at radius 2 is 2.00 bits per heavy atom. The number of β-amino-alcohol motifs (C(OH)–C–C–N with tert-alkyl or cyclic N) is 1. The summed E-state index contributed by atoms with van der Waals surface area (Å²) in [5, 5.41) is 17.7. The largest absolute Gasteiger partial charge is 0.390 e. The van der Waals surface area contributed by atoms with Gasteiger partial charge in [0.25, 0.3) is 0 Å². The molecule has 2 N–H and O–H groups in total. The highest BCUT2D eigenvalue weighted by Gasteiger charge is 2.38. The Morgan fingerprint density at radius 3 is 2.58 bits per heavy atom. The number of carbonyl (C=O) groups is 1. The van der Waals surface area contributed by atoms with Crippen molar-refractivity contribution >= 4 is 5.91 Å². The fourth-order valence-corrected chi connectivity index (χ4v) is 4.03. The van der Waals surface area contributed by atoms with E-state index >= 15 is 0 Å². The molecule has 7 heteroatoms. The molecule has 3 rings (SSSR count). The standard InChI is InChI=1S/C19H32N4O3/c1-13-15(14(2)26-21-13)11-22-10-7-16(17(24)12-22)20-18(25)19(3,4)23-8-5-6-9-23/h16-17,24H,5-12H2,1-4H3,(H,20,25)/t16-,17-/m1/s1. The molecule has 2 atom stereocenters. The van der Waals surface area contributed by atoms with Gasteiger partial charge in [0, 0.05) is 25.2 Å². The summed E-state index contributed by atoms with van der Waals surface area (Å²) in [6.07, 6.45) is 2.48. The van der Waals surface area contributed by atoms with Gasteiger partial charge in [-0.25, -0.2) is 0 Å². The van der Waals surface area contributed by atoms with E-state index in [4.69, 9.17) is 4.52 Å². The van der Waals surface area contributed by atoms with Crippen LogP contribution in [0.3, 0.4) is 0 Å². The van der Waals surface area contributed by atoms with E-state index in [1.807, 2.05) is 27.7 Å². The van der Waals surface area contributed by atoms with E-state index in [1.165, 1.54) is 0 Å². The smallest absolute Gasteiger partial charge is 0.240 e. The van der Waals surface area contributed by atoms with E-state index < -0.39 is 11.6 Å². The Balaban J connectivity index is 1.54. The number of amides is 1. The molecular weight excluding hydrogens is 332 g/mol. The van der Waals surface area contributed by atoms with Crippen LogP contribution in [0.5, 0.6) is 0 Å². The molecule has 0 spiro atoms. The van der Waals surface area contributed by atoms with Crippen LogP contribution in [0.1, 0.15) is 50.1 Å². The number of hydrogen-bond donors (Lipinski definition) is 2. The summed E-state index contributed by atoms with van der Waals surface area (Å²) in [6, 6.07) is -0.190. The Kier molecular flexibility index (Phi) is 5.69. The lowest BCUT2D eigenvalue weighted by atomic mass is 9.97. The molecule has 1 aromatic heterocycles. The molecular formula is C19H32N4O3. The maximum absolute atomic E-state index is 12.8. The number of carbonyl (C=O) groups excluding carboxylic acids is 1. The molecule has 2 saturated heterocycles.